The van der Waals surface area contributed by atoms with E-state index in [-0.39, 0.29) is 11.9 Å². The molecule has 1 saturated carbocycles. The van der Waals surface area contributed by atoms with E-state index in [9.17, 15) is 4.79 Å². The van der Waals surface area contributed by atoms with E-state index in [4.69, 9.17) is 0 Å². The van der Waals surface area contributed by atoms with Crippen LogP contribution in [-0.4, -0.2) is 39.4 Å². The van der Waals surface area contributed by atoms with E-state index in [0.717, 1.165) is 17.9 Å². The van der Waals surface area contributed by atoms with Gasteiger partial charge in [0.05, 0.1) is 6.04 Å². The summed E-state index contributed by atoms with van der Waals surface area (Å²) in [5.41, 5.74) is 1.90. The Hall–Kier alpha value is -1.65. The Balaban J connectivity index is 1.68. The smallest absolute Gasteiger partial charge is 0.225 e. The fourth-order valence-corrected chi connectivity index (χ4v) is 2.54. The highest BCUT2D eigenvalue weighted by Gasteiger charge is 2.39. The SMILES string of the molecule is Cc1cc(C)nc(NC2CC(=O)N(C3CC3)C2)n1. The van der Waals surface area contributed by atoms with Gasteiger partial charge in [-0.15, -0.1) is 0 Å². The first-order valence-corrected chi connectivity index (χ1v) is 6.50. The molecule has 1 aromatic heterocycles. The van der Waals surface area contributed by atoms with Crippen molar-refractivity contribution >= 4 is 11.9 Å². The number of carbonyl (C=O) groups is 1. The van der Waals surface area contributed by atoms with Gasteiger partial charge in [-0.25, -0.2) is 9.97 Å². The number of amides is 1. The second-order valence-corrected chi connectivity index (χ2v) is 5.30. The van der Waals surface area contributed by atoms with Crippen LogP contribution in [0.5, 0.6) is 0 Å². The van der Waals surface area contributed by atoms with E-state index < -0.39 is 0 Å². The topological polar surface area (TPSA) is 58.1 Å². The standard InChI is InChI=1S/C13H18N4O/c1-8-5-9(2)15-13(14-8)16-10-6-12(18)17(7-10)11-3-4-11/h5,10-11H,3-4,6-7H2,1-2H3,(H,14,15,16). The minimum atomic E-state index is 0.152. The van der Waals surface area contributed by atoms with Crippen LogP contribution in [0.4, 0.5) is 5.95 Å². The summed E-state index contributed by atoms with van der Waals surface area (Å²) in [5, 5.41) is 3.28. The number of hydrogen-bond acceptors (Lipinski definition) is 4. The molecule has 1 saturated heterocycles. The fraction of sp³-hybridized carbons (Fsp3) is 0.615. The molecule has 2 fully saturated rings. The molecule has 0 radical (unpaired) electrons. The maximum absolute atomic E-state index is 11.8. The minimum absolute atomic E-state index is 0.152. The molecule has 0 bridgehead atoms. The van der Waals surface area contributed by atoms with Gasteiger partial charge >= 0.3 is 0 Å². The normalized spacial score (nSPS) is 23.6. The fourth-order valence-electron chi connectivity index (χ4n) is 2.54. The molecule has 0 spiro atoms. The summed E-state index contributed by atoms with van der Waals surface area (Å²) in [6, 6.07) is 2.60. The molecule has 2 heterocycles. The molecule has 1 unspecified atom stereocenters. The third kappa shape index (κ3) is 2.30. The number of hydrogen-bond donors (Lipinski definition) is 1. The van der Waals surface area contributed by atoms with Crippen LogP contribution in [0, 0.1) is 13.8 Å². The van der Waals surface area contributed by atoms with Gasteiger partial charge in [-0.1, -0.05) is 0 Å². The van der Waals surface area contributed by atoms with Crippen molar-refractivity contribution < 1.29 is 4.79 Å². The Morgan fingerprint density at radius 2 is 1.94 bits per heavy atom. The average Bonchev–Trinajstić information content (AvgIpc) is 3.02. The average molecular weight is 246 g/mol. The maximum Gasteiger partial charge on any atom is 0.225 e. The van der Waals surface area contributed by atoms with Gasteiger partial charge < -0.3 is 10.2 Å². The molecule has 2 aliphatic rings. The quantitative estimate of drug-likeness (QED) is 0.872. The monoisotopic (exact) mass is 246 g/mol. The van der Waals surface area contributed by atoms with Crippen molar-refractivity contribution in [2.75, 3.05) is 11.9 Å². The highest BCUT2D eigenvalue weighted by atomic mass is 16.2. The van der Waals surface area contributed by atoms with E-state index in [1.807, 2.05) is 24.8 Å². The molecule has 5 heteroatoms. The van der Waals surface area contributed by atoms with Crippen LogP contribution < -0.4 is 5.32 Å². The van der Waals surface area contributed by atoms with Crippen molar-refractivity contribution in [3.63, 3.8) is 0 Å². The third-order valence-electron chi connectivity index (χ3n) is 3.46. The number of nitrogens with zero attached hydrogens (tertiary/aromatic N) is 3. The van der Waals surface area contributed by atoms with Crippen molar-refractivity contribution in [2.45, 2.75) is 45.2 Å². The predicted octanol–water partition coefficient (Wildman–Crippen LogP) is 1.27. The highest BCUT2D eigenvalue weighted by molar-refractivity contribution is 5.80. The van der Waals surface area contributed by atoms with Crippen molar-refractivity contribution in [2.24, 2.45) is 0 Å². The minimum Gasteiger partial charge on any atom is -0.349 e. The molecule has 96 valence electrons. The molecule has 18 heavy (non-hydrogen) atoms. The van der Waals surface area contributed by atoms with Crippen LogP contribution in [0.2, 0.25) is 0 Å². The number of likely N-dealkylation sites (tertiary alicyclic amines) is 1. The van der Waals surface area contributed by atoms with Crippen LogP contribution >= 0.6 is 0 Å². The lowest BCUT2D eigenvalue weighted by molar-refractivity contribution is -0.128. The van der Waals surface area contributed by atoms with Gasteiger partial charge in [0.25, 0.3) is 0 Å². The van der Waals surface area contributed by atoms with Gasteiger partial charge in [-0.3, -0.25) is 4.79 Å². The van der Waals surface area contributed by atoms with E-state index in [1.165, 1.54) is 12.8 Å². The molecular weight excluding hydrogens is 228 g/mol. The van der Waals surface area contributed by atoms with Gasteiger partial charge in [0.15, 0.2) is 0 Å². The van der Waals surface area contributed by atoms with Gasteiger partial charge in [0, 0.05) is 30.4 Å². The number of rotatable bonds is 3. The summed E-state index contributed by atoms with van der Waals surface area (Å²) in [6.07, 6.45) is 2.89. The number of anilines is 1. The second-order valence-electron chi connectivity index (χ2n) is 5.30. The first-order chi connectivity index (χ1) is 8.61. The molecule has 1 aliphatic carbocycles. The largest absolute Gasteiger partial charge is 0.349 e. The summed E-state index contributed by atoms with van der Waals surface area (Å²) in [6.45, 7) is 4.70. The van der Waals surface area contributed by atoms with Gasteiger partial charge in [-0.05, 0) is 32.8 Å². The first kappa shape index (κ1) is 11.4. The van der Waals surface area contributed by atoms with Gasteiger partial charge in [0.2, 0.25) is 11.9 Å². The number of aryl methyl sites for hydroxylation is 2. The zero-order chi connectivity index (χ0) is 12.7. The molecule has 0 aromatic carbocycles. The zero-order valence-corrected chi connectivity index (χ0v) is 10.8. The predicted molar refractivity (Wildman–Crippen MR) is 68.3 cm³/mol. The van der Waals surface area contributed by atoms with E-state index in [0.29, 0.717) is 18.4 Å². The van der Waals surface area contributed by atoms with Crippen molar-refractivity contribution in [1.29, 1.82) is 0 Å². The molecule has 1 N–H and O–H groups in total. The summed E-state index contributed by atoms with van der Waals surface area (Å²) in [4.78, 5) is 22.5. The summed E-state index contributed by atoms with van der Waals surface area (Å²) in [7, 11) is 0. The molecule has 1 aromatic rings. The molecule has 1 aliphatic heterocycles. The van der Waals surface area contributed by atoms with Crippen molar-refractivity contribution in [1.82, 2.24) is 14.9 Å². The van der Waals surface area contributed by atoms with Gasteiger partial charge in [-0.2, -0.15) is 0 Å². The first-order valence-electron chi connectivity index (χ1n) is 6.50. The van der Waals surface area contributed by atoms with Gasteiger partial charge in [0.1, 0.15) is 0 Å². The van der Waals surface area contributed by atoms with Crippen molar-refractivity contribution in [3.05, 3.63) is 17.5 Å². The Kier molecular flexibility index (Phi) is 2.69. The number of nitrogens with one attached hydrogen (secondary N) is 1. The Labute approximate surface area is 107 Å². The molecule has 5 nitrogen and oxygen atoms in total. The van der Waals surface area contributed by atoms with Crippen LogP contribution in [0.25, 0.3) is 0 Å². The van der Waals surface area contributed by atoms with Crippen molar-refractivity contribution in [3.8, 4) is 0 Å². The summed E-state index contributed by atoms with van der Waals surface area (Å²) < 4.78 is 0. The van der Waals surface area contributed by atoms with Crippen LogP contribution in [-0.2, 0) is 4.79 Å². The second kappa shape index (κ2) is 4.23. The summed E-state index contributed by atoms with van der Waals surface area (Å²) in [5.74, 6) is 0.905. The Morgan fingerprint density at radius 3 is 2.56 bits per heavy atom. The van der Waals surface area contributed by atoms with Crippen LogP contribution in [0.1, 0.15) is 30.7 Å². The maximum atomic E-state index is 11.8. The molecule has 1 amide bonds. The highest BCUT2D eigenvalue weighted by Crippen LogP contribution is 2.31. The van der Waals surface area contributed by atoms with E-state index in [2.05, 4.69) is 15.3 Å². The Bertz CT molecular complexity index is 464. The molecule has 3 rings (SSSR count). The lowest BCUT2D eigenvalue weighted by Crippen LogP contribution is -2.30. The summed E-state index contributed by atoms with van der Waals surface area (Å²) >= 11 is 0. The van der Waals surface area contributed by atoms with E-state index >= 15 is 0 Å². The zero-order valence-electron chi connectivity index (χ0n) is 10.8. The van der Waals surface area contributed by atoms with Crippen LogP contribution in [0.3, 0.4) is 0 Å². The van der Waals surface area contributed by atoms with E-state index in [1.54, 1.807) is 0 Å². The number of carbonyl (C=O) groups excluding carboxylic acids is 1. The molecule has 1 atom stereocenters. The molecular formula is C13H18N4O. The van der Waals surface area contributed by atoms with Crippen LogP contribution in [0.15, 0.2) is 6.07 Å². The number of aromatic nitrogens is 2. The lowest BCUT2D eigenvalue weighted by Gasteiger charge is -2.16. The Morgan fingerprint density at radius 1 is 1.28 bits per heavy atom. The lowest BCUT2D eigenvalue weighted by atomic mass is 10.2. The third-order valence-corrected chi connectivity index (χ3v) is 3.46.